The van der Waals surface area contributed by atoms with Crippen molar-refractivity contribution in [3.8, 4) is 6.07 Å². The SMILES string of the molecule is Cc1ccncc1CNc1nccc(C)c1C#N. The van der Waals surface area contributed by atoms with Crippen LogP contribution in [-0.2, 0) is 6.54 Å². The van der Waals surface area contributed by atoms with Crippen molar-refractivity contribution < 1.29 is 0 Å². The Kier molecular flexibility index (Phi) is 3.54. The predicted molar refractivity (Wildman–Crippen MR) is 70.0 cm³/mol. The molecular formula is C14H14N4. The molecule has 0 saturated carbocycles. The molecule has 0 spiro atoms. The van der Waals surface area contributed by atoms with Crippen LogP contribution >= 0.6 is 0 Å². The van der Waals surface area contributed by atoms with Crippen LogP contribution in [0, 0.1) is 25.2 Å². The van der Waals surface area contributed by atoms with Gasteiger partial charge in [-0.1, -0.05) is 0 Å². The Morgan fingerprint density at radius 2 is 2.00 bits per heavy atom. The Balaban J connectivity index is 2.19. The standard InChI is InChI=1S/C14H14N4/c1-10-3-5-16-8-12(10)9-18-14-13(7-15)11(2)4-6-17-14/h3-6,8H,9H2,1-2H3,(H,17,18). The summed E-state index contributed by atoms with van der Waals surface area (Å²) in [6.07, 6.45) is 5.29. The summed E-state index contributed by atoms with van der Waals surface area (Å²) in [6, 6.07) is 5.97. The van der Waals surface area contributed by atoms with Gasteiger partial charge in [-0.2, -0.15) is 5.26 Å². The van der Waals surface area contributed by atoms with Gasteiger partial charge in [-0.15, -0.1) is 0 Å². The predicted octanol–water partition coefficient (Wildman–Crippen LogP) is 2.58. The molecule has 2 aromatic rings. The molecule has 90 valence electrons. The van der Waals surface area contributed by atoms with E-state index >= 15 is 0 Å². The molecule has 0 radical (unpaired) electrons. The summed E-state index contributed by atoms with van der Waals surface area (Å²) in [5.41, 5.74) is 3.80. The van der Waals surface area contributed by atoms with Crippen LogP contribution < -0.4 is 5.32 Å². The highest BCUT2D eigenvalue weighted by Gasteiger charge is 2.06. The third-order valence-electron chi connectivity index (χ3n) is 2.86. The summed E-state index contributed by atoms with van der Waals surface area (Å²) in [4.78, 5) is 8.29. The molecule has 2 heterocycles. The Morgan fingerprint density at radius 1 is 1.22 bits per heavy atom. The number of nitriles is 1. The monoisotopic (exact) mass is 238 g/mol. The van der Waals surface area contributed by atoms with Gasteiger partial charge in [0.15, 0.2) is 0 Å². The normalized spacial score (nSPS) is 9.83. The molecule has 2 aromatic heterocycles. The second-order valence-corrected chi connectivity index (χ2v) is 4.12. The molecule has 0 atom stereocenters. The highest BCUT2D eigenvalue weighted by molar-refractivity contribution is 5.55. The minimum atomic E-state index is 0.596. The molecule has 2 rings (SSSR count). The van der Waals surface area contributed by atoms with Gasteiger partial charge < -0.3 is 5.32 Å². The van der Waals surface area contributed by atoms with Gasteiger partial charge in [0, 0.05) is 25.1 Å². The Hall–Kier alpha value is -2.41. The Labute approximate surface area is 106 Å². The van der Waals surface area contributed by atoms with E-state index in [0.29, 0.717) is 17.9 Å². The first-order chi connectivity index (χ1) is 8.72. The molecule has 0 aromatic carbocycles. The third-order valence-corrected chi connectivity index (χ3v) is 2.86. The number of aromatic nitrogens is 2. The Bertz CT molecular complexity index is 599. The van der Waals surface area contributed by atoms with Crippen LogP contribution in [0.4, 0.5) is 5.82 Å². The van der Waals surface area contributed by atoms with Gasteiger partial charge in [0.1, 0.15) is 11.9 Å². The van der Waals surface area contributed by atoms with Gasteiger partial charge in [0.2, 0.25) is 0 Å². The van der Waals surface area contributed by atoms with Crippen molar-refractivity contribution in [3.05, 3.63) is 53.0 Å². The molecule has 0 unspecified atom stereocenters. The van der Waals surface area contributed by atoms with E-state index in [-0.39, 0.29) is 0 Å². The van der Waals surface area contributed by atoms with Crippen molar-refractivity contribution in [2.45, 2.75) is 20.4 Å². The lowest BCUT2D eigenvalue weighted by Crippen LogP contribution is -2.05. The van der Waals surface area contributed by atoms with Crippen molar-refractivity contribution in [2.75, 3.05) is 5.32 Å². The van der Waals surface area contributed by atoms with Gasteiger partial charge in [-0.25, -0.2) is 4.98 Å². The topological polar surface area (TPSA) is 61.6 Å². The second kappa shape index (κ2) is 5.28. The highest BCUT2D eigenvalue weighted by Crippen LogP contribution is 2.16. The summed E-state index contributed by atoms with van der Waals surface area (Å²) in [5, 5.41) is 12.3. The van der Waals surface area contributed by atoms with Crippen molar-refractivity contribution >= 4 is 5.82 Å². The highest BCUT2D eigenvalue weighted by atomic mass is 15.0. The molecule has 4 heteroatoms. The Morgan fingerprint density at radius 3 is 2.72 bits per heavy atom. The van der Waals surface area contributed by atoms with Crippen LogP contribution in [0.2, 0.25) is 0 Å². The number of hydrogen-bond acceptors (Lipinski definition) is 4. The van der Waals surface area contributed by atoms with E-state index < -0.39 is 0 Å². The maximum absolute atomic E-state index is 9.11. The maximum Gasteiger partial charge on any atom is 0.144 e. The van der Waals surface area contributed by atoms with Crippen LogP contribution in [0.15, 0.2) is 30.7 Å². The number of nitrogens with zero attached hydrogens (tertiary/aromatic N) is 3. The number of nitrogens with one attached hydrogen (secondary N) is 1. The number of hydrogen-bond donors (Lipinski definition) is 1. The average molecular weight is 238 g/mol. The molecule has 0 bridgehead atoms. The summed E-state index contributed by atoms with van der Waals surface area (Å²) >= 11 is 0. The zero-order valence-electron chi connectivity index (χ0n) is 10.4. The minimum Gasteiger partial charge on any atom is -0.365 e. The average Bonchev–Trinajstić information content (AvgIpc) is 2.38. The van der Waals surface area contributed by atoms with Crippen LogP contribution in [0.3, 0.4) is 0 Å². The third kappa shape index (κ3) is 2.46. The van der Waals surface area contributed by atoms with Crippen molar-refractivity contribution in [3.63, 3.8) is 0 Å². The number of aryl methyl sites for hydroxylation is 2. The van der Waals surface area contributed by atoms with Crippen molar-refractivity contribution in [2.24, 2.45) is 0 Å². The largest absolute Gasteiger partial charge is 0.365 e. The first-order valence-corrected chi connectivity index (χ1v) is 5.71. The summed E-state index contributed by atoms with van der Waals surface area (Å²) in [5.74, 6) is 0.626. The fraction of sp³-hybridized carbons (Fsp3) is 0.214. The quantitative estimate of drug-likeness (QED) is 0.892. The van der Waals surface area contributed by atoms with E-state index in [9.17, 15) is 0 Å². The lowest BCUT2D eigenvalue weighted by molar-refractivity contribution is 1.06. The molecule has 0 aliphatic heterocycles. The first kappa shape index (κ1) is 12.1. The fourth-order valence-corrected chi connectivity index (χ4v) is 1.69. The van der Waals surface area contributed by atoms with Crippen molar-refractivity contribution in [1.82, 2.24) is 9.97 Å². The van der Waals surface area contributed by atoms with Crippen LogP contribution in [0.5, 0.6) is 0 Å². The number of pyridine rings is 2. The van der Waals surface area contributed by atoms with Crippen LogP contribution in [-0.4, -0.2) is 9.97 Å². The van der Waals surface area contributed by atoms with E-state index in [4.69, 9.17) is 5.26 Å². The first-order valence-electron chi connectivity index (χ1n) is 5.71. The summed E-state index contributed by atoms with van der Waals surface area (Å²) in [6.45, 7) is 4.55. The zero-order chi connectivity index (χ0) is 13.0. The second-order valence-electron chi connectivity index (χ2n) is 4.12. The molecule has 4 nitrogen and oxygen atoms in total. The van der Waals surface area contributed by atoms with E-state index in [2.05, 4.69) is 21.4 Å². The lowest BCUT2D eigenvalue weighted by atomic mass is 10.1. The number of anilines is 1. The van der Waals surface area contributed by atoms with Crippen LogP contribution in [0.1, 0.15) is 22.3 Å². The van der Waals surface area contributed by atoms with Gasteiger partial charge in [-0.05, 0) is 42.7 Å². The summed E-state index contributed by atoms with van der Waals surface area (Å²) in [7, 11) is 0. The van der Waals surface area contributed by atoms with Gasteiger partial charge in [-0.3, -0.25) is 4.98 Å². The molecule has 1 N–H and O–H groups in total. The smallest absolute Gasteiger partial charge is 0.144 e. The van der Waals surface area contributed by atoms with E-state index in [1.165, 1.54) is 5.56 Å². The van der Waals surface area contributed by atoms with Gasteiger partial charge in [0.05, 0.1) is 5.56 Å². The van der Waals surface area contributed by atoms with Crippen molar-refractivity contribution in [1.29, 1.82) is 5.26 Å². The molecule has 0 saturated heterocycles. The van der Waals surface area contributed by atoms with Crippen LogP contribution in [0.25, 0.3) is 0 Å². The molecule has 0 amide bonds. The van der Waals surface area contributed by atoms with Gasteiger partial charge in [0.25, 0.3) is 0 Å². The van der Waals surface area contributed by atoms with E-state index in [0.717, 1.165) is 11.1 Å². The maximum atomic E-state index is 9.11. The van der Waals surface area contributed by atoms with Gasteiger partial charge >= 0.3 is 0 Å². The summed E-state index contributed by atoms with van der Waals surface area (Å²) < 4.78 is 0. The molecule has 0 aliphatic rings. The van der Waals surface area contributed by atoms with E-state index in [1.54, 1.807) is 12.4 Å². The number of rotatable bonds is 3. The molecular weight excluding hydrogens is 224 g/mol. The molecule has 0 fully saturated rings. The molecule has 0 aliphatic carbocycles. The minimum absolute atomic E-state index is 0.596. The molecule has 18 heavy (non-hydrogen) atoms. The lowest BCUT2D eigenvalue weighted by Gasteiger charge is -2.09. The van der Waals surface area contributed by atoms with E-state index in [1.807, 2.05) is 32.2 Å². The fourth-order valence-electron chi connectivity index (χ4n) is 1.69. The zero-order valence-corrected chi connectivity index (χ0v) is 10.4.